The summed E-state index contributed by atoms with van der Waals surface area (Å²) in [5.41, 5.74) is 4.27. The zero-order chi connectivity index (χ0) is 26.5. The summed E-state index contributed by atoms with van der Waals surface area (Å²) in [5.74, 6) is -0.444. The first-order chi connectivity index (χ1) is 18.5. The van der Waals surface area contributed by atoms with Crippen molar-refractivity contribution < 1.29 is 13.9 Å². The number of nitrogens with zero attached hydrogens (tertiary/aromatic N) is 5. The van der Waals surface area contributed by atoms with Crippen molar-refractivity contribution in [1.29, 1.82) is 0 Å². The van der Waals surface area contributed by atoms with Gasteiger partial charge < -0.3 is 20.3 Å². The Bertz CT molecular complexity index is 1450. The van der Waals surface area contributed by atoms with Crippen molar-refractivity contribution in [1.82, 2.24) is 25.1 Å². The van der Waals surface area contributed by atoms with Crippen molar-refractivity contribution >= 4 is 40.0 Å². The van der Waals surface area contributed by atoms with Gasteiger partial charge in [0.2, 0.25) is 11.9 Å². The molecule has 0 saturated carbocycles. The minimum Gasteiger partial charge on any atom is -0.383 e. The number of piperazine rings is 1. The number of H-pyrrole nitrogens is 1. The van der Waals surface area contributed by atoms with E-state index in [1.807, 2.05) is 18.2 Å². The molecule has 0 aliphatic carbocycles. The van der Waals surface area contributed by atoms with Crippen molar-refractivity contribution in [3.63, 3.8) is 0 Å². The molecule has 1 amide bonds. The molecule has 1 aliphatic rings. The summed E-state index contributed by atoms with van der Waals surface area (Å²) in [6.45, 7) is 8.57. The predicted molar refractivity (Wildman–Crippen MR) is 146 cm³/mol. The quantitative estimate of drug-likeness (QED) is 0.288. The van der Waals surface area contributed by atoms with E-state index in [-0.39, 0.29) is 23.4 Å². The Morgan fingerprint density at radius 2 is 2.05 bits per heavy atom. The van der Waals surface area contributed by atoms with Crippen LogP contribution in [0.2, 0.25) is 0 Å². The number of anilines is 4. The van der Waals surface area contributed by atoms with E-state index in [1.54, 1.807) is 31.5 Å². The lowest BCUT2D eigenvalue weighted by Crippen LogP contribution is -2.47. The highest BCUT2D eigenvalue weighted by Gasteiger charge is 2.18. The maximum absolute atomic E-state index is 15.1. The van der Waals surface area contributed by atoms with Crippen molar-refractivity contribution in [2.45, 2.75) is 0 Å². The maximum atomic E-state index is 15.1. The molecule has 38 heavy (non-hydrogen) atoms. The van der Waals surface area contributed by atoms with Gasteiger partial charge in [0.05, 0.1) is 18.5 Å². The number of amides is 1. The SMILES string of the molecule is C=CC(=O)Nc1cccc(-c2n[nH]c3cnc(Nc4ccc(N5CCN(CCOC)CC5)cc4F)nc23)c1. The number of carbonyl (C=O) groups excluding carboxylic acids is 1. The van der Waals surface area contributed by atoms with Crippen molar-refractivity contribution in [3.05, 3.63) is 67.1 Å². The number of hydrogen-bond donors (Lipinski definition) is 3. The molecule has 0 radical (unpaired) electrons. The number of nitrogens with one attached hydrogen (secondary N) is 3. The molecule has 5 rings (SSSR count). The number of ether oxygens (including phenoxy) is 1. The fraction of sp³-hybridized carbons (Fsp3) is 0.259. The second kappa shape index (κ2) is 11.4. The smallest absolute Gasteiger partial charge is 0.247 e. The number of hydrogen-bond acceptors (Lipinski definition) is 8. The van der Waals surface area contributed by atoms with Gasteiger partial charge in [-0.2, -0.15) is 5.10 Å². The monoisotopic (exact) mass is 516 g/mol. The lowest BCUT2D eigenvalue weighted by Gasteiger charge is -2.36. The zero-order valence-electron chi connectivity index (χ0n) is 21.1. The molecule has 0 spiro atoms. The van der Waals surface area contributed by atoms with Crippen LogP contribution in [0.1, 0.15) is 0 Å². The average molecular weight is 517 g/mol. The third-order valence-electron chi connectivity index (χ3n) is 6.44. The van der Waals surface area contributed by atoms with Gasteiger partial charge in [-0.3, -0.25) is 14.8 Å². The van der Waals surface area contributed by atoms with Gasteiger partial charge in [0.25, 0.3) is 0 Å². The summed E-state index contributed by atoms with van der Waals surface area (Å²) < 4.78 is 20.2. The molecule has 2 aromatic heterocycles. The molecular formula is C27H29FN8O2. The lowest BCUT2D eigenvalue weighted by molar-refractivity contribution is -0.111. The number of aromatic nitrogens is 4. The highest BCUT2D eigenvalue weighted by molar-refractivity contribution is 5.99. The van der Waals surface area contributed by atoms with Crippen LogP contribution in [-0.4, -0.2) is 77.4 Å². The predicted octanol–water partition coefficient (Wildman–Crippen LogP) is 3.80. The van der Waals surface area contributed by atoms with Gasteiger partial charge >= 0.3 is 0 Å². The van der Waals surface area contributed by atoms with E-state index in [2.05, 4.69) is 47.2 Å². The Morgan fingerprint density at radius 1 is 1.21 bits per heavy atom. The van der Waals surface area contributed by atoms with Crippen molar-refractivity contribution in [2.75, 3.05) is 62.0 Å². The molecule has 11 heteroatoms. The molecule has 1 aliphatic heterocycles. The summed E-state index contributed by atoms with van der Waals surface area (Å²) >= 11 is 0. The van der Waals surface area contributed by atoms with Crippen LogP contribution in [0.3, 0.4) is 0 Å². The molecule has 10 nitrogen and oxygen atoms in total. The van der Waals surface area contributed by atoms with Crippen molar-refractivity contribution in [3.8, 4) is 11.3 Å². The molecule has 3 N–H and O–H groups in total. The fourth-order valence-electron chi connectivity index (χ4n) is 4.38. The molecule has 3 heterocycles. The van der Waals surface area contributed by atoms with Gasteiger partial charge in [-0.25, -0.2) is 14.4 Å². The summed E-state index contributed by atoms with van der Waals surface area (Å²) in [4.78, 5) is 25.1. The second-order valence-corrected chi connectivity index (χ2v) is 8.91. The van der Waals surface area contributed by atoms with Gasteiger partial charge in [-0.15, -0.1) is 0 Å². The number of aromatic amines is 1. The Morgan fingerprint density at radius 3 is 2.82 bits per heavy atom. The van der Waals surface area contributed by atoms with E-state index in [4.69, 9.17) is 4.74 Å². The first-order valence-corrected chi connectivity index (χ1v) is 12.3. The molecule has 4 aromatic rings. The van der Waals surface area contributed by atoms with Crippen LogP contribution in [0.5, 0.6) is 0 Å². The van der Waals surface area contributed by atoms with E-state index >= 15 is 4.39 Å². The number of benzene rings is 2. The topological polar surface area (TPSA) is 111 Å². The number of rotatable bonds is 9. The molecule has 1 saturated heterocycles. The van der Waals surface area contributed by atoms with Crippen LogP contribution in [0.15, 0.2) is 61.3 Å². The van der Waals surface area contributed by atoms with E-state index in [0.717, 1.165) is 44.0 Å². The highest BCUT2D eigenvalue weighted by atomic mass is 19.1. The van der Waals surface area contributed by atoms with E-state index in [9.17, 15) is 4.79 Å². The van der Waals surface area contributed by atoms with Crippen LogP contribution in [0.25, 0.3) is 22.3 Å². The van der Waals surface area contributed by atoms with Gasteiger partial charge in [0, 0.05) is 56.8 Å². The Balaban J connectivity index is 1.32. The molecule has 0 atom stereocenters. The summed E-state index contributed by atoms with van der Waals surface area (Å²) in [5, 5.41) is 13.0. The maximum Gasteiger partial charge on any atom is 0.247 e. The lowest BCUT2D eigenvalue weighted by atomic mass is 10.1. The van der Waals surface area contributed by atoms with Crippen molar-refractivity contribution in [2.24, 2.45) is 0 Å². The number of carbonyl (C=O) groups is 1. The largest absolute Gasteiger partial charge is 0.383 e. The Kier molecular flexibility index (Phi) is 7.57. The van der Waals surface area contributed by atoms with Crippen LogP contribution < -0.4 is 15.5 Å². The van der Waals surface area contributed by atoms with Gasteiger partial charge in [0.15, 0.2) is 0 Å². The van der Waals surface area contributed by atoms with E-state index in [0.29, 0.717) is 29.0 Å². The molecule has 0 unspecified atom stereocenters. The standard InChI is InChI=1S/C27H29FN8O2/c1-3-24(37)30-19-6-4-5-18(15-19)25-26-23(33-34-25)17-29-27(32-26)31-22-8-7-20(16-21(22)28)36-11-9-35(10-12-36)13-14-38-2/h3-8,15-17H,1,9-14H2,2H3,(H,30,37)(H,33,34)(H,29,31,32). The minimum absolute atomic E-state index is 0.245. The van der Waals surface area contributed by atoms with E-state index in [1.165, 1.54) is 12.1 Å². The minimum atomic E-state index is -0.383. The highest BCUT2D eigenvalue weighted by Crippen LogP contribution is 2.29. The molecule has 2 aromatic carbocycles. The van der Waals surface area contributed by atoms with E-state index < -0.39 is 0 Å². The first-order valence-electron chi connectivity index (χ1n) is 12.3. The third-order valence-corrected chi connectivity index (χ3v) is 6.44. The summed E-state index contributed by atoms with van der Waals surface area (Å²) in [6, 6.07) is 12.4. The normalized spacial score (nSPS) is 14.0. The van der Waals surface area contributed by atoms with Crippen LogP contribution in [0.4, 0.5) is 27.4 Å². The Labute approximate surface area is 219 Å². The first kappa shape index (κ1) is 25.3. The number of halogens is 1. The van der Waals surface area contributed by atoms with Crippen LogP contribution in [0, 0.1) is 5.82 Å². The summed E-state index contributed by atoms with van der Waals surface area (Å²) in [7, 11) is 1.71. The fourth-order valence-corrected chi connectivity index (χ4v) is 4.38. The van der Waals surface area contributed by atoms with Gasteiger partial charge in [-0.1, -0.05) is 18.7 Å². The van der Waals surface area contributed by atoms with Gasteiger partial charge in [-0.05, 0) is 36.4 Å². The zero-order valence-corrected chi connectivity index (χ0v) is 21.1. The third kappa shape index (κ3) is 5.63. The molecule has 196 valence electrons. The average Bonchev–Trinajstić information content (AvgIpc) is 3.37. The second-order valence-electron chi connectivity index (χ2n) is 8.91. The summed E-state index contributed by atoms with van der Waals surface area (Å²) in [6.07, 6.45) is 2.80. The van der Waals surface area contributed by atoms with Crippen LogP contribution >= 0.6 is 0 Å². The molecular weight excluding hydrogens is 487 g/mol. The van der Waals surface area contributed by atoms with Crippen LogP contribution in [-0.2, 0) is 9.53 Å². The molecule has 1 fully saturated rings. The number of methoxy groups -OCH3 is 1. The Hall–Kier alpha value is -4.35. The molecule has 0 bridgehead atoms. The van der Waals surface area contributed by atoms with Gasteiger partial charge in [0.1, 0.15) is 22.5 Å². The number of fused-ring (bicyclic) bond motifs is 1.